The van der Waals surface area contributed by atoms with Gasteiger partial charge >= 0.3 is 11.9 Å². The van der Waals surface area contributed by atoms with Crippen molar-refractivity contribution in [3.63, 3.8) is 0 Å². The van der Waals surface area contributed by atoms with Crippen molar-refractivity contribution >= 4 is 5.97 Å². The Morgan fingerprint density at radius 1 is 1.53 bits per heavy atom. The molecule has 2 rings (SSSR count). The van der Waals surface area contributed by atoms with E-state index < -0.39 is 17.7 Å². The first kappa shape index (κ1) is 10.0. The van der Waals surface area contributed by atoms with Gasteiger partial charge in [-0.15, -0.1) is 10.2 Å². The van der Waals surface area contributed by atoms with Crippen LogP contribution in [0.25, 0.3) is 0 Å². The quantitative estimate of drug-likeness (QED) is 0.823. The second kappa shape index (κ2) is 2.98. The lowest BCUT2D eigenvalue weighted by molar-refractivity contribution is -0.168. The third kappa shape index (κ3) is 1.47. The van der Waals surface area contributed by atoms with Gasteiger partial charge in [0.15, 0.2) is 0 Å². The highest BCUT2D eigenvalue weighted by Crippen LogP contribution is 2.39. The minimum atomic E-state index is -3.97. The fraction of sp³-hybridized carbons (Fsp3) is 0.625. The SMILES string of the molecule is Cc1nnc(C(F)(F)C(=O)O)n1C1CC1. The summed E-state index contributed by atoms with van der Waals surface area (Å²) in [6.45, 7) is 1.53. The molecule has 82 valence electrons. The zero-order valence-corrected chi connectivity index (χ0v) is 7.94. The molecule has 1 aliphatic carbocycles. The lowest BCUT2D eigenvalue weighted by atomic mass is 10.3. The third-order valence-corrected chi connectivity index (χ3v) is 2.33. The fourth-order valence-corrected chi connectivity index (χ4v) is 1.45. The summed E-state index contributed by atoms with van der Waals surface area (Å²) >= 11 is 0. The van der Waals surface area contributed by atoms with E-state index in [2.05, 4.69) is 10.2 Å². The van der Waals surface area contributed by atoms with Gasteiger partial charge in [0, 0.05) is 6.04 Å². The number of rotatable bonds is 3. The number of carbonyl (C=O) groups is 1. The predicted octanol–water partition coefficient (Wildman–Crippen LogP) is 1.10. The Bertz CT molecular complexity index is 412. The number of alkyl halides is 2. The van der Waals surface area contributed by atoms with E-state index in [1.165, 1.54) is 11.5 Å². The van der Waals surface area contributed by atoms with Gasteiger partial charge in [0.1, 0.15) is 5.82 Å². The lowest BCUT2D eigenvalue weighted by Gasteiger charge is -2.12. The van der Waals surface area contributed by atoms with Crippen LogP contribution in [0.1, 0.15) is 30.5 Å². The third-order valence-electron chi connectivity index (χ3n) is 2.33. The first-order chi connectivity index (χ1) is 6.94. The molecule has 0 bridgehead atoms. The summed E-state index contributed by atoms with van der Waals surface area (Å²) in [6, 6.07) is -0.0692. The monoisotopic (exact) mass is 217 g/mol. The molecule has 1 fully saturated rings. The molecule has 0 spiro atoms. The van der Waals surface area contributed by atoms with Crippen molar-refractivity contribution < 1.29 is 18.7 Å². The summed E-state index contributed by atoms with van der Waals surface area (Å²) in [4.78, 5) is 10.4. The van der Waals surface area contributed by atoms with Crippen LogP contribution in [0.5, 0.6) is 0 Å². The topological polar surface area (TPSA) is 68.0 Å². The van der Waals surface area contributed by atoms with Crippen molar-refractivity contribution in [2.75, 3.05) is 0 Å². The number of aryl methyl sites for hydroxylation is 1. The van der Waals surface area contributed by atoms with E-state index in [0.717, 1.165) is 12.8 Å². The predicted molar refractivity (Wildman–Crippen MR) is 44.6 cm³/mol. The van der Waals surface area contributed by atoms with Gasteiger partial charge in [-0.2, -0.15) is 8.78 Å². The Morgan fingerprint density at radius 3 is 2.60 bits per heavy atom. The summed E-state index contributed by atoms with van der Waals surface area (Å²) in [5.74, 6) is -6.61. The summed E-state index contributed by atoms with van der Waals surface area (Å²) < 4.78 is 27.7. The van der Waals surface area contributed by atoms with E-state index in [1.807, 2.05) is 0 Å². The fourth-order valence-electron chi connectivity index (χ4n) is 1.45. The smallest absolute Gasteiger partial charge is 0.401 e. The number of hydrogen-bond acceptors (Lipinski definition) is 3. The Hall–Kier alpha value is -1.53. The molecule has 7 heteroatoms. The van der Waals surface area contributed by atoms with Gasteiger partial charge < -0.3 is 9.67 Å². The van der Waals surface area contributed by atoms with Crippen molar-refractivity contribution in [3.8, 4) is 0 Å². The molecule has 1 N–H and O–H groups in total. The average Bonchev–Trinajstić information content (AvgIpc) is 2.89. The molecule has 0 amide bonds. The highest BCUT2D eigenvalue weighted by atomic mass is 19.3. The second-order valence-corrected chi connectivity index (χ2v) is 3.55. The molecule has 5 nitrogen and oxygen atoms in total. The first-order valence-corrected chi connectivity index (χ1v) is 4.47. The van der Waals surface area contributed by atoms with Crippen molar-refractivity contribution in [1.29, 1.82) is 0 Å². The molecule has 1 aliphatic rings. The van der Waals surface area contributed by atoms with E-state index >= 15 is 0 Å². The molecule has 1 heterocycles. The number of nitrogens with zero attached hydrogens (tertiary/aromatic N) is 3. The summed E-state index contributed by atoms with van der Waals surface area (Å²) in [6.07, 6.45) is 1.53. The van der Waals surface area contributed by atoms with Crippen molar-refractivity contribution in [2.24, 2.45) is 0 Å². The lowest BCUT2D eigenvalue weighted by Crippen LogP contribution is -2.29. The molecular weight excluding hydrogens is 208 g/mol. The molecule has 1 saturated carbocycles. The van der Waals surface area contributed by atoms with Crippen LogP contribution in [0.3, 0.4) is 0 Å². The van der Waals surface area contributed by atoms with Crippen molar-refractivity contribution in [3.05, 3.63) is 11.6 Å². The van der Waals surface area contributed by atoms with Crippen molar-refractivity contribution in [1.82, 2.24) is 14.8 Å². The zero-order chi connectivity index (χ0) is 11.2. The van der Waals surface area contributed by atoms with Crippen LogP contribution >= 0.6 is 0 Å². The summed E-state index contributed by atoms with van der Waals surface area (Å²) in [5, 5.41) is 15.1. The number of carboxylic acid groups (broad SMARTS) is 1. The van der Waals surface area contributed by atoms with Gasteiger partial charge in [-0.3, -0.25) is 0 Å². The zero-order valence-electron chi connectivity index (χ0n) is 7.94. The van der Waals surface area contributed by atoms with Gasteiger partial charge in [0.05, 0.1) is 0 Å². The molecule has 1 aromatic heterocycles. The van der Waals surface area contributed by atoms with Gasteiger partial charge in [-0.1, -0.05) is 0 Å². The minimum Gasteiger partial charge on any atom is -0.476 e. The van der Waals surface area contributed by atoms with Crippen LogP contribution < -0.4 is 0 Å². The maximum atomic E-state index is 13.2. The van der Waals surface area contributed by atoms with E-state index in [4.69, 9.17) is 5.11 Å². The normalized spacial score (nSPS) is 16.7. The Balaban J connectivity index is 2.47. The van der Waals surface area contributed by atoms with Gasteiger partial charge in [0.25, 0.3) is 0 Å². The Kier molecular flexibility index (Phi) is 1.99. The number of hydrogen-bond donors (Lipinski definition) is 1. The second-order valence-electron chi connectivity index (χ2n) is 3.55. The van der Waals surface area contributed by atoms with E-state index in [9.17, 15) is 13.6 Å². The standard InChI is InChI=1S/C8H9F2N3O2/c1-4-11-12-6(8(9,10)7(14)15)13(4)5-2-3-5/h5H,2-3H2,1H3,(H,14,15). The maximum Gasteiger partial charge on any atom is 0.401 e. The summed E-state index contributed by atoms with van der Waals surface area (Å²) in [7, 11) is 0. The van der Waals surface area contributed by atoms with E-state index in [0.29, 0.717) is 5.82 Å². The molecule has 15 heavy (non-hydrogen) atoms. The highest BCUT2D eigenvalue weighted by molar-refractivity contribution is 5.76. The average molecular weight is 217 g/mol. The van der Waals surface area contributed by atoms with Crippen LogP contribution in [0.2, 0.25) is 0 Å². The van der Waals surface area contributed by atoms with Gasteiger partial charge in [-0.25, -0.2) is 4.79 Å². The molecule has 1 aromatic rings. The molecule has 0 radical (unpaired) electrons. The molecule has 0 aromatic carbocycles. The van der Waals surface area contributed by atoms with Crippen LogP contribution in [0.15, 0.2) is 0 Å². The Labute approximate surface area is 83.7 Å². The Morgan fingerprint density at radius 2 is 2.13 bits per heavy atom. The number of carboxylic acids is 1. The number of halogens is 2. The first-order valence-electron chi connectivity index (χ1n) is 4.47. The van der Waals surface area contributed by atoms with Crippen LogP contribution in [-0.2, 0) is 10.7 Å². The van der Waals surface area contributed by atoms with Crippen LogP contribution in [0, 0.1) is 6.92 Å². The van der Waals surface area contributed by atoms with Crippen LogP contribution in [-0.4, -0.2) is 25.8 Å². The summed E-state index contributed by atoms with van der Waals surface area (Å²) in [5.41, 5.74) is 0. The molecule has 0 unspecified atom stereocenters. The van der Waals surface area contributed by atoms with Gasteiger partial charge in [-0.05, 0) is 19.8 Å². The largest absolute Gasteiger partial charge is 0.476 e. The van der Waals surface area contributed by atoms with Crippen LogP contribution in [0.4, 0.5) is 8.78 Å². The van der Waals surface area contributed by atoms with E-state index in [-0.39, 0.29) is 6.04 Å². The minimum absolute atomic E-state index is 0.0692. The molecule has 0 atom stereocenters. The molecule has 0 saturated heterocycles. The maximum absolute atomic E-state index is 13.2. The highest BCUT2D eigenvalue weighted by Gasteiger charge is 2.48. The van der Waals surface area contributed by atoms with Gasteiger partial charge in [0.2, 0.25) is 5.82 Å². The molecular formula is C8H9F2N3O2. The van der Waals surface area contributed by atoms with Crippen molar-refractivity contribution in [2.45, 2.75) is 31.7 Å². The number of aliphatic carboxylic acids is 1. The number of aromatic nitrogens is 3. The van der Waals surface area contributed by atoms with E-state index in [1.54, 1.807) is 0 Å². The molecule has 0 aliphatic heterocycles.